The zero-order chi connectivity index (χ0) is 20.8. The van der Waals surface area contributed by atoms with Gasteiger partial charge in [-0.15, -0.1) is 10.2 Å². The van der Waals surface area contributed by atoms with Gasteiger partial charge in [0.25, 0.3) is 0 Å². The quantitative estimate of drug-likeness (QED) is 0.673. The van der Waals surface area contributed by atoms with Crippen molar-refractivity contribution in [3.8, 4) is 0 Å². The van der Waals surface area contributed by atoms with E-state index in [0.717, 1.165) is 10.3 Å². The fourth-order valence-corrected chi connectivity index (χ4v) is 3.76. The van der Waals surface area contributed by atoms with Gasteiger partial charge in [-0.2, -0.15) is 18.3 Å². The first kappa shape index (κ1) is 19.2. The lowest BCUT2D eigenvalue weighted by molar-refractivity contribution is -0.148. The largest absolute Gasteiger partial charge is 0.451 e. The molecule has 0 fully saturated rings. The monoisotopic (exact) mass is 404 g/mol. The van der Waals surface area contributed by atoms with Gasteiger partial charge in [-0.1, -0.05) is 30.3 Å². The number of alkyl halides is 3. The molecule has 3 heterocycles. The van der Waals surface area contributed by atoms with E-state index >= 15 is 0 Å². The van der Waals surface area contributed by atoms with Crippen molar-refractivity contribution in [2.24, 2.45) is 0 Å². The molecule has 1 aromatic carbocycles. The van der Waals surface area contributed by atoms with Crippen LogP contribution >= 0.6 is 0 Å². The highest BCUT2D eigenvalue weighted by molar-refractivity contribution is 5.81. The molecule has 29 heavy (non-hydrogen) atoms. The number of carbonyl (C=O) groups is 1. The Kier molecular flexibility index (Phi) is 4.64. The van der Waals surface area contributed by atoms with E-state index in [9.17, 15) is 18.0 Å². The number of rotatable bonds is 3. The second-order valence-electron chi connectivity index (χ2n) is 6.97. The van der Waals surface area contributed by atoms with E-state index in [1.54, 1.807) is 59.1 Å². The third kappa shape index (κ3) is 3.28. The summed E-state index contributed by atoms with van der Waals surface area (Å²) in [6.07, 6.45) is -3.01. The Morgan fingerprint density at radius 1 is 1.14 bits per heavy atom. The van der Waals surface area contributed by atoms with E-state index in [2.05, 4.69) is 15.3 Å². The van der Waals surface area contributed by atoms with E-state index in [-0.39, 0.29) is 24.8 Å². The first-order chi connectivity index (χ1) is 13.8. The molecule has 152 valence electrons. The molecule has 10 heteroatoms. The maximum Gasteiger partial charge on any atom is 0.451 e. The number of hydrogen-bond donors (Lipinski definition) is 0. The Labute approximate surface area is 164 Å². The average molecular weight is 404 g/mol. The molecule has 2 aromatic heterocycles. The molecular weight excluding hydrogens is 385 g/mol. The first-order valence-electron chi connectivity index (χ1n) is 9.15. The SMILES string of the molecule is Cc1ccnn1C(C)C(=O)N1CCn2c(nnc2C(F)(F)F)C1c1ccccc1. The summed E-state index contributed by atoms with van der Waals surface area (Å²) in [5, 5.41) is 11.4. The predicted molar refractivity (Wildman–Crippen MR) is 96.7 cm³/mol. The van der Waals surface area contributed by atoms with E-state index in [4.69, 9.17) is 0 Å². The van der Waals surface area contributed by atoms with Gasteiger partial charge in [0.05, 0.1) is 0 Å². The van der Waals surface area contributed by atoms with Crippen LogP contribution in [0.5, 0.6) is 0 Å². The molecule has 2 atom stereocenters. The molecule has 0 spiro atoms. The highest BCUT2D eigenvalue weighted by Crippen LogP contribution is 2.36. The van der Waals surface area contributed by atoms with Crippen molar-refractivity contribution in [2.45, 2.75) is 38.7 Å². The smallest absolute Gasteiger partial charge is 0.325 e. The molecule has 0 saturated heterocycles. The van der Waals surface area contributed by atoms with Crippen LogP contribution in [-0.2, 0) is 17.5 Å². The van der Waals surface area contributed by atoms with Crippen LogP contribution in [0.15, 0.2) is 42.6 Å². The summed E-state index contributed by atoms with van der Waals surface area (Å²) in [6.45, 7) is 3.65. The van der Waals surface area contributed by atoms with Crippen molar-refractivity contribution in [3.05, 3.63) is 65.5 Å². The summed E-state index contributed by atoms with van der Waals surface area (Å²) in [4.78, 5) is 14.9. The van der Waals surface area contributed by atoms with Gasteiger partial charge in [0.1, 0.15) is 12.1 Å². The maximum absolute atomic E-state index is 13.3. The van der Waals surface area contributed by atoms with Crippen molar-refractivity contribution >= 4 is 5.91 Å². The lowest BCUT2D eigenvalue weighted by Crippen LogP contribution is -2.46. The minimum atomic E-state index is -4.61. The van der Waals surface area contributed by atoms with Gasteiger partial charge in [0.2, 0.25) is 11.7 Å². The van der Waals surface area contributed by atoms with Crippen molar-refractivity contribution < 1.29 is 18.0 Å². The van der Waals surface area contributed by atoms with E-state index < -0.39 is 24.1 Å². The number of aryl methyl sites for hydroxylation is 1. The van der Waals surface area contributed by atoms with E-state index in [1.165, 1.54) is 0 Å². The minimum absolute atomic E-state index is 0.0307. The Bertz CT molecular complexity index is 1030. The topological polar surface area (TPSA) is 68.8 Å². The molecule has 0 radical (unpaired) electrons. The van der Waals surface area contributed by atoms with Crippen LogP contribution in [0.4, 0.5) is 13.2 Å². The standard InChI is InChI=1S/C19H19F3N6O/c1-12-8-9-23-28(12)13(2)17(29)26-10-11-27-16(24-25-18(27)19(20,21)22)15(26)14-6-4-3-5-7-14/h3-9,13,15H,10-11H2,1-2H3. The Hall–Kier alpha value is -3.17. The van der Waals surface area contributed by atoms with Gasteiger partial charge in [-0.3, -0.25) is 9.48 Å². The summed E-state index contributed by atoms with van der Waals surface area (Å²) >= 11 is 0. The van der Waals surface area contributed by atoms with E-state index in [1.807, 2.05) is 6.92 Å². The number of fused-ring (bicyclic) bond motifs is 1. The molecule has 0 saturated carbocycles. The predicted octanol–water partition coefficient (Wildman–Crippen LogP) is 2.99. The lowest BCUT2D eigenvalue weighted by Gasteiger charge is -2.37. The van der Waals surface area contributed by atoms with Crippen LogP contribution in [0.25, 0.3) is 0 Å². The van der Waals surface area contributed by atoms with Gasteiger partial charge in [-0.05, 0) is 25.5 Å². The molecule has 1 aliphatic heterocycles. The summed E-state index contributed by atoms with van der Waals surface area (Å²) in [6, 6.07) is 9.32. The molecule has 2 unspecified atom stereocenters. The second-order valence-corrected chi connectivity index (χ2v) is 6.97. The number of hydrogen-bond acceptors (Lipinski definition) is 4. The molecule has 3 aromatic rings. The molecule has 1 aliphatic rings. The van der Waals surface area contributed by atoms with Gasteiger partial charge in [-0.25, -0.2) is 0 Å². The first-order valence-corrected chi connectivity index (χ1v) is 9.15. The fourth-order valence-electron chi connectivity index (χ4n) is 3.76. The molecule has 1 amide bonds. The van der Waals surface area contributed by atoms with Crippen LogP contribution in [0, 0.1) is 6.92 Å². The second kappa shape index (κ2) is 7.02. The van der Waals surface area contributed by atoms with Crippen LogP contribution in [0.3, 0.4) is 0 Å². The Morgan fingerprint density at radius 2 is 1.86 bits per heavy atom. The Balaban J connectivity index is 1.77. The fraction of sp³-hybridized carbons (Fsp3) is 0.368. The summed E-state index contributed by atoms with van der Waals surface area (Å²) in [7, 11) is 0. The molecule has 4 rings (SSSR count). The van der Waals surface area contributed by atoms with Crippen LogP contribution in [0.2, 0.25) is 0 Å². The van der Waals surface area contributed by atoms with Gasteiger partial charge in [0.15, 0.2) is 5.82 Å². The van der Waals surface area contributed by atoms with Crippen molar-refractivity contribution in [1.29, 1.82) is 0 Å². The minimum Gasteiger partial charge on any atom is -0.325 e. The molecule has 0 bridgehead atoms. The third-order valence-electron chi connectivity index (χ3n) is 5.14. The maximum atomic E-state index is 13.3. The molecular formula is C19H19F3N6O. The van der Waals surface area contributed by atoms with Crippen molar-refractivity contribution in [3.63, 3.8) is 0 Å². The molecule has 7 nitrogen and oxygen atoms in total. The van der Waals surface area contributed by atoms with E-state index in [0.29, 0.717) is 5.56 Å². The van der Waals surface area contributed by atoms with Gasteiger partial charge < -0.3 is 9.47 Å². The van der Waals surface area contributed by atoms with Crippen LogP contribution < -0.4 is 0 Å². The summed E-state index contributed by atoms with van der Waals surface area (Å²) < 4.78 is 42.7. The highest BCUT2D eigenvalue weighted by Gasteiger charge is 2.44. The number of halogens is 3. The van der Waals surface area contributed by atoms with Crippen LogP contribution in [-0.4, -0.2) is 41.9 Å². The molecule has 0 aliphatic carbocycles. The zero-order valence-electron chi connectivity index (χ0n) is 15.8. The molecule has 0 N–H and O–H groups in total. The summed E-state index contributed by atoms with van der Waals surface area (Å²) in [5.74, 6) is -1.18. The van der Waals surface area contributed by atoms with Crippen LogP contribution in [0.1, 0.15) is 41.9 Å². The van der Waals surface area contributed by atoms with Crippen molar-refractivity contribution in [2.75, 3.05) is 6.54 Å². The van der Waals surface area contributed by atoms with Gasteiger partial charge >= 0.3 is 6.18 Å². The summed E-state index contributed by atoms with van der Waals surface area (Å²) in [5.41, 5.74) is 1.49. The third-order valence-corrected chi connectivity index (χ3v) is 5.14. The normalized spacial score (nSPS) is 17.8. The number of aromatic nitrogens is 5. The number of amides is 1. The number of benzene rings is 1. The highest BCUT2D eigenvalue weighted by atomic mass is 19.4. The Morgan fingerprint density at radius 3 is 2.48 bits per heavy atom. The van der Waals surface area contributed by atoms with Crippen molar-refractivity contribution in [1.82, 2.24) is 29.4 Å². The van der Waals surface area contributed by atoms with Gasteiger partial charge in [0, 0.05) is 25.0 Å². The lowest BCUT2D eigenvalue weighted by atomic mass is 10.0. The zero-order valence-corrected chi connectivity index (χ0v) is 15.8. The number of nitrogens with zero attached hydrogens (tertiary/aromatic N) is 6. The number of carbonyl (C=O) groups excluding carboxylic acids is 1. The average Bonchev–Trinajstić information content (AvgIpc) is 3.32.